The number of nitrogens with one attached hydrogen (secondary N) is 1. The van der Waals surface area contributed by atoms with Crippen LogP contribution in [0.25, 0.3) is 0 Å². The van der Waals surface area contributed by atoms with Crippen molar-refractivity contribution in [3.05, 3.63) is 24.2 Å². The first kappa shape index (κ1) is 17.1. The van der Waals surface area contributed by atoms with Gasteiger partial charge >= 0.3 is 0 Å². The quantitative estimate of drug-likeness (QED) is 0.457. The van der Waals surface area contributed by atoms with Crippen molar-refractivity contribution in [1.82, 2.24) is 15.1 Å². The first-order valence-corrected chi connectivity index (χ1v) is 7.55. The van der Waals surface area contributed by atoms with Crippen LogP contribution in [0.5, 0.6) is 0 Å². The van der Waals surface area contributed by atoms with Crippen LogP contribution in [0.1, 0.15) is 18.6 Å². The number of carbonyl (C=O) groups is 1. The van der Waals surface area contributed by atoms with E-state index in [4.69, 9.17) is 4.42 Å². The zero-order valence-corrected chi connectivity index (χ0v) is 15.2. The fourth-order valence-electron chi connectivity index (χ4n) is 3.14. The molecule has 6 nitrogen and oxygen atoms in total. The number of carbonyl (C=O) groups excluding carboxylic acids is 1. The molecular weight excluding hydrogens is 395 g/mol. The molecular formula is C15H23IN4O2. The molecule has 0 bridgehead atoms. The minimum absolute atomic E-state index is 0. The molecule has 0 saturated carbocycles. The Labute approximate surface area is 147 Å². The highest BCUT2D eigenvalue weighted by Crippen LogP contribution is 2.22. The molecule has 3 rings (SSSR count). The van der Waals surface area contributed by atoms with Crippen molar-refractivity contribution in [3.8, 4) is 0 Å². The molecule has 2 aliphatic heterocycles. The third-order valence-electron chi connectivity index (χ3n) is 4.24. The lowest BCUT2D eigenvalue weighted by atomic mass is 10.1. The van der Waals surface area contributed by atoms with Gasteiger partial charge in [-0.15, -0.1) is 24.0 Å². The fraction of sp³-hybridized carbons (Fsp3) is 0.600. The number of halogens is 1. The molecule has 1 N–H and O–H groups in total. The summed E-state index contributed by atoms with van der Waals surface area (Å²) < 4.78 is 5.33. The van der Waals surface area contributed by atoms with Crippen LogP contribution in [0.2, 0.25) is 0 Å². The monoisotopic (exact) mass is 418 g/mol. The molecule has 0 radical (unpaired) electrons. The van der Waals surface area contributed by atoms with Crippen LogP contribution >= 0.6 is 24.0 Å². The van der Waals surface area contributed by atoms with Gasteiger partial charge in [0.1, 0.15) is 5.76 Å². The molecule has 1 amide bonds. The van der Waals surface area contributed by atoms with Crippen LogP contribution in [0.3, 0.4) is 0 Å². The summed E-state index contributed by atoms with van der Waals surface area (Å²) in [6, 6.07) is 4.24. The maximum Gasteiger partial charge on any atom is 0.223 e. The van der Waals surface area contributed by atoms with Gasteiger partial charge in [-0.05, 0) is 18.6 Å². The summed E-state index contributed by atoms with van der Waals surface area (Å²) in [6.45, 7) is 3.33. The normalized spacial score (nSPS) is 21.6. The number of fused-ring (bicyclic) bond motifs is 1. The van der Waals surface area contributed by atoms with E-state index in [2.05, 4.69) is 15.2 Å². The highest BCUT2D eigenvalue weighted by molar-refractivity contribution is 14.0. The summed E-state index contributed by atoms with van der Waals surface area (Å²) in [7, 11) is 1.81. The predicted molar refractivity (Wildman–Crippen MR) is 95.5 cm³/mol. The second-order valence-electron chi connectivity index (χ2n) is 5.53. The van der Waals surface area contributed by atoms with Gasteiger partial charge < -0.3 is 19.5 Å². The smallest absolute Gasteiger partial charge is 0.223 e. The third-order valence-corrected chi connectivity index (χ3v) is 4.24. The molecule has 2 fully saturated rings. The fourth-order valence-corrected chi connectivity index (χ4v) is 3.14. The summed E-state index contributed by atoms with van der Waals surface area (Å²) in [6.07, 6.45) is 4.20. The number of rotatable bonds is 3. The molecule has 122 valence electrons. The Kier molecular flexibility index (Phi) is 6.10. The van der Waals surface area contributed by atoms with Crippen LogP contribution in [-0.2, 0) is 11.2 Å². The first-order chi connectivity index (χ1) is 10.3. The van der Waals surface area contributed by atoms with Crippen molar-refractivity contribution in [2.24, 2.45) is 4.99 Å². The molecule has 0 spiro atoms. The van der Waals surface area contributed by atoms with Crippen molar-refractivity contribution >= 4 is 35.8 Å². The molecule has 0 aromatic carbocycles. The minimum atomic E-state index is 0. The van der Waals surface area contributed by atoms with Crippen molar-refractivity contribution in [2.45, 2.75) is 25.3 Å². The van der Waals surface area contributed by atoms with Gasteiger partial charge in [-0.25, -0.2) is 0 Å². The molecule has 2 saturated heterocycles. The second kappa shape index (κ2) is 7.85. The van der Waals surface area contributed by atoms with Gasteiger partial charge in [-0.3, -0.25) is 9.79 Å². The van der Waals surface area contributed by atoms with Crippen LogP contribution in [0.15, 0.2) is 27.8 Å². The average Bonchev–Trinajstić information content (AvgIpc) is 3.14. The van der Waals surface area contributed by atoms with E-state index in [9.17, 15) is 4.79 Å². The van der Waals surface area contributed by atoms with E-state index < -0.39 is 0 Å². The lowest BCUT2D eigenvalue weighted by molar-refractivity contribution is -0.130. The third kappa shape index (κ3) is 3.74. The molecule has 22 heavy (non-hydrogen) atoms. The maximum atomic E-state index is 11.7. The van der Waals surface area contributed by atoms with Crippen LogP contribution in [0.4, 0.5) is 0 Å². The highest BCUT2D eigenvalue weighted by atomic mass is 127. The van der Waals surface area contributed by atoms with Crippen molar-refractivity contribution in [2.75, 3.05) is 33.2 Å². The van der Waals surface area contributed by atoms with Crippen molar-refractivity contribution < 1.29 is 9.21 Å². The van der Waals surface area contributed by atoms with E-state index in [1.54, 1.807) is 13.3 Å². The van der Waals surface area contributed by atoms with Crippen molar-refractivity contribution in [1.29, 1.82) is 0 Å². The summed E-state index contributed by atoms with van der Waals surface area (Å²) in [4.78, 5) is 20.3. The number of piperazine rings is 1. The maximum absolute atomic E-state index is 11.7. The number of guanidine groups is 1. The lowest BCUT2D eigenvalue weighted by Gasteiger charge is -2.39. The van der Waals surface area contributed by atoms with Gasteiger partial charge in [-0.1, -0.05) is 0 Å². The highest BCUT2D eigenvalue weighted by Gasteiger charge is 2.36. The minimum Gasteiger partial charge on any atom is -0.469 e. The number of hydrogen-bond donors (Lipinski definition) is 1. The van der Waals surface area contributed by atoms with Crippen LogP contribution < -0.4 is 5.32 Å². The van der Waals surface area contributed by atoms with Gasteiger partial charge in [0.15, 0.2) is 5.96 Å². The largest absolute Gasteiger partial charge is 0.469 e. The zero-order valence-electron chi connectivity index (χ0n) is 12.8. The topological polar surface area (TPSA) is 61.1 Å². The first-order valence-electron chi connectivity index (χ1n) is 7.55. The summed E-state index contributed by atoms with van der Waals surface area (Å²) in [5, 5.41) is 3.38. The summed E-state index contributed by atoms with van der Waals surface area (Å²) in [5.41, 5.74) is 0. The number of nitrogens with zero attached hydrogens (tertiary/aromatic N) is 3. The van der Waals surface area contributed by atoms with Gasteiger partial charge in [0.05, 0.1) is 6.26 Å². The molecule has 1 unspecified atom stereocenters. The number of hydrogen-bond acceptors (Lipinski definition) is 3. The Hall–Kier alpha value is -1.25. The molecule has 0 aliphatic carbocycles. The molecule has 1 aromatic heterocycles. The number of amides is 1. The zero-order chi connectivity index (χ0) is 14.7. The van der Waals surface area contributed by atoms with Gasteiger partial charge in [-0.2, -0.15) is 0 Å². The Balaban J connectivity index is 0.00000176. The SMILES string of the molecule is CN=C(NCCc1ccco1)N1CCN2C(=O)CCC2C1.I. The van der Waals surface area contributed by atoms with E-state index in [0.717, 1.165) is 50.7 Å². The summed E-state index contributed by atoms with van der Waals surface area (Å²) >= 11 is 0. The predicted octanol–water partition coefficient (Wildman–Crippen LogP) is 1.32. The molecule has 1 aromatic rings. The van der Waals surface area contributed by atoms with Crippen LogP contribution in [-0.4, -0.2) is 60.9 Å². The second-order valence-corrected chi connectivity index (χ2v) is 5.53. The van der Waals surface area contributed by atoms with E-state index in [0.29, 0.717) is 18.4 Å². The molecule has 7 heteroatoms. The summed E-state index contributed by atoms with van der Waals surface area (Å²) in [5.74, 6) is 2.20. The lowest BCUT2D eigenvalue weighted by Crippen LogP contribution is -2.56. The van der Waals surface area contributed by atoms with E-state index in [1.807, 2.05) is 17.0 Å². The van der Waals surface area contributed by atoms with Crippen LogP contribution in [0, 0.1) is 0 Å². The van der Waals surface area contributed by atoms with Gasteiger partial charge in [0.25, 0.3) is 0 Å². The number of furan rings is 1. The molecule has 1 atom stereocenters. The van der Waals surface area contributed by atoms with E-state index in [1.165, 1.54) is 0 Å². The Morgan fingerprint density at radius 1 is 1.50 bits per heavy atom. The Morgan fingerprint density at radius 3 is 3.09 bits per heavy atom. The molecule has 3 heterocycles. The van der Waals surface area contributed by atoms with E-state index in [-0.39, 0.29) is 24.0 Å². The Morgan fingerprint density at radius 2 is 2.36 bits per heavy atom. The Bertz CT molecular complexity index is 518. The molecule has 2 aliphatic rings. The van der Waals surface area contributed by atoms with Crippen molar-refractivity contribution in [3.63, 3.8) is 0 Å². The number of aliphatic imine (C=N–C) groups is 1. The average molecular weight is 418 g/mol. The van der Waals surface area contributed by atoms with Gasteiger partial charge in [0.2, 0.25) is 5.91 Å². The van der Waals surface area contributed by atoms with Gasteiger partial charge in [0, 0.05) is 52.1 Å². The van der Waals surface area contributed by atoms with E-state index >= 15 is 0 Å². The standard InChI is InChI=1S/C15H22N4O2.HI/c1-16-15(17-7-6-13-3-2-10-21-13)18-8-9-19-12(11-18)4-5-14(19)20;/h2-3,10,12H,4-9,11H2,1H3,(H,16,17);1H.